The largest absolute Gasteiger partial charge is 0.468 e. The quantitative estimate of drug-likeness (QED) is 0.423. The van der Waals surface area contributed by atoms with Gasteiger partial charge < -0.3 is 19.2 Å². The first-order chi connectivity index (χ1) is 15.4. The van der Waals surface area contributed by atoms with Gasteiger partial charge in [0, 0.05) is 5.69 Å². The van der Waals surface area contributed by atoms with Crippen LogP contribution in [0.25, 0.3) is 0 Å². The average Bonchev–Trinajstić information content (AvgIpc) is 3.31. The zero-order chi connectivity index (χ0) is 23.1. The predicted molar refractivity (Wildman–Crippen MR) is 115 cm³/mol. The molecular formula is C21H27N3O7S. The van der Waals surface area contributed by atoms with Crippen molar-refractivity contribution < 1.29 is 31.9 Å². The first-order valence-electron chi connectivity index (χ1n) is 10.3. The van der Waals surface area contributed by atoms with Crippen LogP contribution in [0.3, 0.4) is 0 Å². The third kappa shape index (κ3) is 5.58. The van der Waals surface area contributed by atoms with Crippen LogP contribution in [0.4, 0.5) is 11.7 Å². The fourth-order valence-electron chi connectivity index (χ4n) is 3.98. The van der Waals surface area contributed by atoms with E-state index in [2.05, 4.69) is 15.0 Å². The lowest BCUT2D eigenvalue weighted by molar-refractivity contribution is -0.160. The van der Waals surface area contributed by atoms with Crippen molar-refractivity contribution in [3.8, 4) is 0 Å². The summed E-state index contributed by atoms with van der Waals surface area (Å²) < 4.78 is 41.9. The molecule has 1 saturated carbocycles. The van der Waals surface area contributed by atoms with Crippen LogP contribution in [0.2, 0.25) is 0 Å². The molecule has 0 spiro atoms. The summed E-state index contributed by atoms with van der Waals surface area (Å²) >= 11 is 0. The van der Waals surface area contributed by atoms with Crippen molar-refractivity contribution in [2.45, 2.75) is 43.0 Å². The van der Waals surface area contributed by atoms with E-state index in [0.29, 0.717) is 5.69 Å². The maximum absolute atomic E-state index is 12.5. The molecule has 10 nitrogen and oxygen atoms in total. The third-order valence-corrected chi connectivity index (χ3v) is 6.92. The van der Waals surface area contributed by atoms with Crippen LogP contribution < -0.4 is 10.0 Å². The Morgan fingerprint density at radius 2 is 1.69 bits per heavy atom. The minimum atomic E-state index is -3.88. The van der Waals surface area contributed by atoms with Gasteiger partial charge in [0.25, 0.3) is 10.0 Å². The topological polar surface area (TPSA) is 137 Å². The Kier molecular flexibility index (Phi) is 7.73. The van der Waals surface area contributed by atoms with Gasteiger partial charge in [-0.3, -0.25) is 9.59 Å². The minimum Gasteiger partial charge on any atom is -0.468 e. The van der Waals surface area contributed by atoms with Crippen LogP contribution in [-0.2, 0) is 29.1 Å². The number of carbonyl (C=O) groups is 2. The first kappa shape index (κ1) is 23.6. The molecular weight excluding hydrogens is 438 g/mol. The predicted octanol–water partition coefficient (Wildman–Crippen LogP) is 2.80. The molecule has 1 aromatic carbocycles. The van der Waals surface area contributed by atoms with E-state index in [4.69, 9.17) is 13.9 Å². The molecule has 1 fully saturated rings. The molecule has 3 rings (SSSR count). The third-order valence-electron chi connectivity index (χ3n) is 5.58. The lowest BCUT2D eigenvalue weighted by atomic mass is 9.78. The minimum absolute atomic E-state index is 0.00736. The summed E-state index contributed by atoms with van der Waals surface area (Å²) in [7, 11) is -1.42. The van der Waals surface area contributed by atoms with Crippen molar-refractivity contribution in [3.63, 3.8) is 0 Å². The number of sulfonamides is 1. The number of nitrogens with zero attached hydrogens (tertiary/aromatic N) is 1. The van der Waals surface area contributed by atoms with Crippen LogP contribution in [0, 0.1) is 11.8 Å². The number of benzene rings is 1. The fourth-order valence-corrected chi connectivity index (χ4v) is 4.92. The van der Waals surface area contributed by atoms with Crippen molar-refractivity contribution >= 4 is 33.7 Å². The number of carbonyl (C=O) groups excluding carboxylic acids is 2. The zero-order valence-electron chi connectivity index (χ0n) is 17.9. The molecule has 2 N–H and O–H groups in total. The summed E-state index contributed by atoms with van der Waals surface area (Å²) in [5.41, 5.74) is 0.563. The summed E-state index contributed by atoms with van der Waals surface area (Å²) in [6.07, 6.45) is 7.41. The van der Waals surface area contributed by atoms with Crippen LogP contribution in [-0.4, -0.2) is 45.6 Å². The summed E-state index contributed by atoms with van der Waals surface area (Å²) in [4.78, 5) is 28.7. The number of esters is 2. The van der Waals surface area contributed by atoms with Crippen molar-refractivity contribution in [2.24, 2.45) is 11.8 Å². The van der Waals surface area contributed by atoms with Crippen LogP contribution in [0.15, 0.2) is 46.0 Å². The Balaban J connectivity index is 1.83. The highest BCUT2D eigenvalue weighted by molar-refractivity contribution is 7.92. The molecule has 1 aliphatic carbocycles. The van der Waals surface area contributed by atoms with Crippen LogP contribution in [0.5, 0.6) is 0 Å². The maximum Gasteiger partial charge on any atom is 0.322 e. The number of aromatic nitrogens is 1. The van der Waals surface area contributed by atoms with Gasteiger partial charge in [-0.05, 0) is 43.0 Å². The van der Waals surface area contributed by atoms with Gasteiger partial charge in [0.15, 0.2) is 5.92 Å². The molecule has 0 unspecified atom stereocenters. The van der Waals surface area contributed by atoms with Gasteiger partial charge in [-0.25, -0.2) is 18.1 Å². The average molecular weight is 466 g/mol. The van der Waals surface area contributed by atoms with Crippen LogP contribution >= 0.6 is 0 Å². The molecule has 0 amide bonds. The number of hydrogen-bond donors (Lipinski definition) is 2. The van der Waals surface area contributed by atoms with E-state index in [9.17, 15) is 18.0 Å². The van der Waals surface area contributed by atoms with Crippen molar-refractivity contribution in [3.05, 3.63) is 36.7 Å². The molecule has 32 heavy (non-hydrogen) atoms. The molecule has 1 heterocycles. The number of oxazole rings is 1. The number of anilines is 2. The maximum atomic E-state index is 12.5. The Morgan fingerprint density at radius 1 is 1.06 bits per heavy atom. The van der Waals surface area contributed by atoms with E-state index in [0.717, 1.165) is 32.1 Å². The molecule has 2 aromatic rings. The molecule has 1 aromatic heterocycles. The molecule has 174 valence electrons. The Labute approximate surface area is 186 Å². The highest BCUT2D eigenvalue weighted by Gasteiger charge is 2.41. The lowest BCUT2D eigenvalue weighted by Gasteiger charge is -2.34. The lowest BCUT2D eigenvalue weighted by Crippen LogP contribution is -2.46. The monoisotopic (exact) mass is 465 g/mol. The van der Waals surface area contributed by atoms with E-state index in [1.54, 1.807) is 12.1 Å². The molecule has 1 atom stereocenters. The second kappa shape index (κ2) is 10.5. The van der Waals surface area contributed by atoms with Crippen molar-refractivity contribution in [1.29, 1.82) is 0 Å². The van der Waals surface area contributed by atoms with Gasteiger partial charge in [-0.15, -0.1) is 0 Å². The van der Waals surface area contributed by atoms with E-state index < -0.39 is 33.9 Å². The smallest absolute Gasteiger partial charge is 0.322 e. The van der Waals surface area contributed by atoms with Gasteiger partial charge in [0.2, 0.25) is 0 Å². The Hall–Kier alpha value is -3.08. The normalized spacial score (nSPS) is 15.7. The van der Waals surface area contributed by atoms with Gasteiger partial charge in [-0.1, -0.05) is 19.3 Å². The second-order valence-electron chi connectivity index (χ2n) is 7.56. The molecule has 0 radical (unpaired) electrons. The highest BCUT2D eigenvalue weighted by Crippen LogP contribution is 2.33. The number of methoxy groups -OCH3 is 2. The van der Waals surface area contributed by atoms with Crippen molar-refractivity contribution in [1.82, 2.24) is 4.98 Å². The van der Waals surface area contributed by atoms with Gasteiger partial charge in [-0.2, -0.15) is 0 Å². The molecule has 0 aliphatic heterocycles. The van der Waals surface area contributed by atoms with E-state index >= 15 is 0 Å². The first-order valence-corrected chi connectivity index (χ1v) is 11.8. The second-order valence-corrected chi connectivity index (χ2v) is 9.24. The molecule has 11 heteroatoms. The SMILES string of the molecule is COC(=O)C(C(=O)OC)[C@@H](Nc1ccc(S(=O)(=O)Nc2ncco2)cc1)C1CCCCC1. The number of hydrogen-bond acceptors (Lipinski definition) is 9. The summed E-state index contributed by atoms with van der Waals surface area (Å²) in [6, 6.07) is 5.29. The number of nitrogens with one attached hydrogen (secondary N) is 2. The summed E-state index contributed by atoms with van der Waals surface area (Å²) in [6.45, 7) is 0. The van der Waals surface area contributed by atoms with Crippen molar-refractivity contribution in [2.75, 3.05) is 24.3 Å². The highest BCUT2D eigenvalue weighted by atomic mass is 32.2. The molecule has 1 aliphatic rings. The number of ether oxygens (including phenoxy) is 2. The number of rotatable bonds is 9. The van der Waals surface area contributed by atoms with E-state index in [1.165, 1.54) is 38.8 Å². The van der Waals surface area contributed by atoms with Crippen LogP contribution in [0.1, 0.15) is 32.1 Å². The standard InChI is InChI=1S/C21H27N3O7S/c1-29-19(25)17(20(26)30-2)18(14-6-4-3-5-7-14)23-15-8-10-16(11-9-15)32(27,28)24-21-22-12-13-31-21/h8-14,17-18,23H,3-7H2,1-2H3,(H,22,24)/t18-/m0/s1. The fraction of sp³-hybridized carbons (Fsp3) is 0.476. The molecule has 0 saturated heterocycles. The Bertz CT molecular complexity index is 985. The van der Waals surface area contributed by atoms with E-state index in [1.807, 2.05) is 0 Å². The van der Waals surface area contributed by atoms with Gasteiger partial charge >= 0.3 is 18.0 Å². The van der Waals surface area contributed by atoms with Gasteiger partial charge in [0.1, 0.15) is 6.26 Å². The zero-order valence-corrected chi connectivity index (χ0v) is 18.8. The summed E-state index contributed by atoms with van der Waals surface area (Å²) in [5, 5.41) is 3.26. The van der Waals surface area contributed by atoms with Gasteiger partial charge in [0.05, 0.1) is 31.4 Å². The van der Waals surface area contributed by atoms with E-state index in [-0.39, 0.29) is 16.8 Å². The molecule has 0 bridgehead atoms. The summed E-state index contributed by atoms with van der Waals surface area (Å²) in [5.74, 6) is -2.42. The Morgan fingerprint density at radius 3 is 2.22 bits per heavy atom.